The molecule has 0 unspecified atom stereocenters. The quantitative estimate of drug-likeness (QED) is 0.508. The van der Waals surface area contributed by atoms with Crippen molar-refractivity contribution in [2.45, 2.75) is 19.6 Å². The predicted molar refractivity (Wildman–Crippen MR) is 109 cm³/mol. The average Bonchev–Trinajstić information content (AvgIpc) is 3.19. The van der Waals surface area contributed by atoms with Gasteiger partial charge in [0.1, 0.15) is 12.4 Å². The molecular formula is C21H16F3N7O. The van der Waals surface area contributed by atoms with Crippen molar-refractivity contribution >= 4 is 11.7 Å². The maximum absolute atomic E-state index is 13.5. The summed E-state index contributed by atoms with van der Waals surface area (Å²) in [6.07, 6.45) is 4.13. The van der Waals surface area contributed by atoms with Crippen LogP contribution >= 0.6 is 0 Å². The Hall–Kier alpha value is -4.15. The molecule has 0 aromatic carbocycles. The molecule has 0 radical (unpaired) electrons. The van der Waals surface area contributed by atoms with E-state index < -0.39 is 24.3 Å². The van der Waals surface area contributed by atoms with Crippen LogP contribution in [0, 0.1) is 6.92 Å². The highest BCUT2D eigenvalue weighted by atomic mass is 19.4. The molecule has 8 nitrogen and oxygen atoms in total. The summed E-state index contributed by atoms with van der Waals surface area (Å²) >= 11 is 0. The number of nitrogens with zero attached hydrogens (tertiary/aromatic N) is 6. The van der Waals surface area contributed by atoms with E-state index in [2.05, 4.69) is 30.4 Å². The molecule has 4 heterocycles. The lowest BCUT2D eigenvalue weighted by Crippen LogP contribution is -2.20. The molecule has 4 rings (SSSR count). The van der Waals surface area contributed by atoms with Crippen LogP contribution in [0.25, 0.3) is 22.4 Å². The Bertz CT molecular complexity index is 1240. The number of hydrogen-bond acceptors (Lipinski definition) is 6. The van der Waals surface area contributed by atoms with Crippen LogP contribution in [-0.2, 0) is 17.5 Å². The Morgan fingerprint density at radius 3 is 2.53 bits per heavy atom. The molecule has 0 aliphatic heterocycles. The van der Waals surface area contributed by atoms with Crippen molar-refractivity contribution in [1.82, 2.24) is 29.7 Å². The summed E-state index contributed by atoms with van der Waals surface area (Å²) in [5.74, 6) is -0.325. The second kappa shape index (κ2) is 8.53. The summed E-state index contributed by atoms with van der Waals surface area (Å²) in [5, 5.41) is 6.14. The van der Waals surface area contributed by atoms with Crippen LogP contribution < -0.4 is 5.32 Å². The van der Waals surface area contributed by atoms with Crippen molar-refractivity contribution in [3.63, 3.8) is 0 Å². The van der Waals surface area contributed by atoms with Gasteiger partial charge in [-0.05, 0) is 36.8 Å². The normalized spacial score (nSPS) is 11.4. The van der Waals surface area contributed by atoms with Gasteiger partial charge in [0, 0.05) is 47.8 Å². The largest absolute Gasteiger partial charge is 0.435 e. The number of aryl methyl sites for hydroxylation is 1. The second-order valence-corrected chi connectivity index (χ2v) is 6.84. The lowest BCUT2D eigenvalue weighted by atomic mass is 10.1. The average molecular weight is 439 g/mol. The fraction of sp³-hybridized carbons (Fsp3) is 0.143. The summed E-state index contributed by atoms with van der Waals surface area (Å²) in [7, 11) is 0. The van der Waals surface area contributed by atoms with E-state index in [1.165, 1.54) is 30.7 Å². The van der Waals surface area contributed by atoms with Gasteiger partial charge >= 0.3 is 6.18 Å². The Labute approximate surface area is 180 Å². The van der Waals surface area contributed by atoms with Gasteiger partial charge in [-0.3, -0.25) is 24.4 Å². The van der Waals surface area contributed by atoms with Gasteiger partial charge in [-0.1, -0.05) is 0 Å². The Kier molecular flexibility index (Phi) is 5.63. The summed E-state index contributed by atoms with van der Waals surface area (Å²) < 4.78 is 41.5. The maximum atomic E-state index is 13.5. The molecule has 11 heteroatoms. The molecule has 0 bridgehead atoms. The zero-order valence-electron chi connectivity index (χ0n) is 16.7. The van der Waals surface area contributed by atoms with Crippen molar-refractivity contribution in [1.29, 1.82) is 0 Å². The number of nitrogens with one attached hydrogen (secondary N) is 1. The van der Waals surface area contributed by atoms with Gasteiger partial charge in [-0.25, -0.2) is 4.98 Å². The van der Waals surface area contributed by atoms with Crippen molar-refractivity contribution in [2.24, 2.45) is 0 Å². The Morgan fingerprint density at radius 2 is 1.88 bits per heavy atom. The summed E-state index contributed by atoms with van der Waals surface area (Å²) in [5.41, 5.74) is 1.02. The van der Waals surface area contributed by atoms with Gasteiger partial charge in [0.25, 0.3) is 0 Å². The van der Waals surface area contributed by atoms with Gasteiger partial charge in [-0.15, -0.1) is 0 Å². The molecule has 0 fully saturated rings. The van der Waals surface area contributed by atoms with Crippen LogP contribution in [0.1, 0.15) is 11.4 Å². The van der Waals surface area contributed by atoms with E-state index in [1.807, 2.05) is 0 Å². The zero-order chi connectivity index (χ0) is 22.7. The van der Waals surface area contributed by atoms with E-state index in [9.17, 15) is 18.0 Å². The number of rotatable bonds is 5. The summed E-state index contributed by atoms with van der Waals surface area (Å²) in [6.45, 7) is 1.26. The van der Waals surface area contributed by atoms with Crippen LogP contribution in [0.5, 0.6) is 0 Å². The van der Waals surface area contributed by atoms with E-state index >= 15 is 0 Å². The number of hydrogen-bond donors (Lipinski definition) is 1. The smallest absolute Gasteiger partial charge is 0.309 e. The third kappa shape index (κ3) is 4.77. The van der Waals surface area contributed by atoms with E-state index in [0.717, 1.165) is 4.68 Å². The van der Waals surface area contributed by atoms with Gasteiger partial charge in [-0.2, -0.15) is 18.3 Å². The van der Waals surface area contributed by atoms with Gasteiger partial charge in [0.05, 0.1) is 11.9 Å². The number of amides is 1. The maximum Gasteiger partial charge on any atom is 0.435 e. The number of aromatic nitrogens is 6. The van der Waals surface area contributed by atoms with Crippen LogP contribution in [0.4, 0.5) is 19.0 Å². The number of pyridine rings is 2. The predicted octanol–water partition coefficient (Wildman–Crippen LogP) is 3.76. The van der Waals surface area contributed by atoms with E-state index in [1.54, 1.807) is 37.6 Å². The number of alkyl halides is 3. The van der Waals surface area contributed by atoms with Crippen molar-refractivity contribution < 1.29 is 18.0 Å². The minimum absolute atomic E-state index is 0.123. The third-order valence-corrected chi connectivity index (χ3v) is 4.43. The molecule has 4 aromatic heterocycles. The van der Waals surface area contributed by atoms with Crippen molar-refractivity contribution in [3.05, 3.63) is 72.8 Å². The van der Waals surface area contributed by atoms with Gasteiger partial charge in [0.2, 0.25) is 5.91 Å². The molecule has 0 aliphatic carbocycles. The van der Waals surface area contributed by atoms with Gasteiger partial charge < -0.3 is 5.32 Å². The van der Waals surface area contributed by atoms with Gasteiger partial charge in [0.15, 0.2) is 5.69 Å². The molecule has 0 aliphatic rings. The van der Waals surface area contributed by atoms with Crippen LogP contribution in [0.2, 0.25) is 0 Å². The van der Waals surface area contributed by atoms with Crippen LogP contribution in [0.15, 0.2) is 61.4 Å². The lowest BCUT2D eigenvalue weighted by molar-refractivity contribution is -0.141. The Morgan fingerprint density at radius 1 is 1.03 bits per heavy atom. The first-order chi connectivity index (χ1) is 15.3. The van der Waals surface area contributed by atoms with Crippen molar-refractivity contribution in [3.8, 4) is 22.4 Å². The molecule has 0 spiro atoms. The monoisotopic (exact) mass is 439 g/mol. The molecule has 0 saturated heterocycles. The molecule has 0 atom stereocenters. The first kappa shape index (κ1) is 21.1. The minimum Gasteiger partial charge on any atom is -0.309 e. The highest BCUT2D eigenvalue weighted by Crippen LogP contribution is 2.36. The number of carbonyl (C=O) groups excluding carboxylic acids is 1. The highest BCUT2D eigenvalue weighted by molar-refractivity contribution is 5.89. The van der Waals surface area contributed by atoms with Crippen molar-refractivity contribution in [2.75, 3.05) is 5.32 Å². The van der Waals surface area contributed by atoms with E-state index in [0.29, 0.717) is 22.5 Å². The molecule has 162 valence electrons. The number of anilines is 1. The molecular weight excluding hydrogens is 423 g/mol. The van der Waals surface area contributed by atoms with Crippen LogP contribution in [0.3, 0.4) is 0 Å². The fourth-order valence-electron chi connectivity index (χ4n) is 3.03. The second-order valence-electron chi connectivity index (χ2n) is 6.84. The first-order valence-corrected chi connectivity index (χ1v) is 9.39. The highest BCUT2D eigenvalue weighted by Gasteiger charge is 2.37. The zero-order valence-corrected chi connectivity index (χ0v) is 16.7. The summed E-state index contributed by atoms with van der Waals surface area (Å²) in [4.78, 5) is 28.6. The third-order valence-electron chi connectivity index (χ3n) is 4.43. The lowest BCUT2D eigenvalue weighted by Gasteiger charge is -2.06. The fourth-order valence-corrected chi connectivity index (χ4v) is 3.03. The first-order valence-electron chi connectivity index (χ1n) is 9.39. The standard InChI is InChI=1S/C21H16F3N7O/c1-13-8-14(4-5-26-13)16-11-31(30-20(16)21(22,23)24)12-19(32)29-18-3-2-15(9-28-18)17-10-25-6-7-27-17/h2-11H,12H2,1H3,(H,28,29,32). The minimum atomic E-state index is -4.67. The topological polar surface area (TPSA) is 98.5 Å². The molecule has 32 heavy (non-hydrogen) atoms. The molecule has 1 amide bonds. The van der Waals surface area contributed by atoms with E-state index in [4.69, 9.17) is 0 Å². The number of halogens is 3. The molecule has 1 N–H and O–H groups in total. The SMILES string of the molecule is Cc1cc(-c2cn(CC(=O)Nc3ccc(-c4cnccn4)cn3)nc2C(F)(F)F)ccn1. The summed E-state index contributed by atoms with van der Waals surface area (Å²) in [6, 6.07) is 6.26. The van der Waals surface area contributed by atoms with E-state index in [-0.39, 0.29) is 11.4 Å². The Balaban J connectivity index is 1.51. The molecule has 0 saturated carbocycles. The number of carbonyl (C=O) groups is 1. The van der Waals surface area contributed by atoms with Crippen LogP contribution in [-0.4, -0.2) is 35.6 Å². The molecule has 4 aromatic rings.